The van der Waals surface area contributed by atoms with E-state index in [-0.39, 0.29) is 0 Å². The minimum absolute atomic E-state index is 0.529. The average Bonchev–Trinajstić information content (AvgIpc) is 2.64. The highest BCUT2D eigenvalue weighted by molar-refractivity contribution is 8.14. The van der Waals surface area contributed by atoms with Gasteiger partial charge in [-0.05, 0) is 37.0 Å². The molecule has 0 aromatic carbocycles. The molecule has 3 atom stereocenters. The van der Waals surface area contributed by atoms with Crippen LogP contribution in [0.25, 0.3) is 0 Å². The van der Waals surface area contributed by atoms with Crippen LogP contribution < -0.4 is 5.32 Å². The van der Waals surface area contributed by atoms with Crippen LogP contribution in [0.3, 0.4) is 0 Å². The van der Waals surface area contributed by atoms with Crippen LogP contribution in [0.5, 0.6) is 0 Å². The molecule has 1 heterocycles. The lowest BCUT2D eigenvalue weighted by Gasteiger charge is -2.32. The van der Waals surface area contributed by atoms with E-state index in [1.165, 1.54) is 24.4 Å². The molecule has 1 aliphatic carbocycles. The van der Waals surface area contributed by atoms with Crippen LogP contribution in [0.1, 0.15) is 47.0 Å². The molecule has 0 radical (unpaired) electrons. The summed E-state index contributed by atoms with van der Waals surface area (Å²) in [4.78, 5) is 4.80. The van der Waals surface area contributed by atoms with Crippen molar-refractivity contribution >= 4 is 16.9 Å². The van der Waals surface area contributed by atoms with Crippen LogP contribution in [0, 0.1) is 17.8 Å². The van der Waals surface area contributed by atoms with Crippen LogP contribution in [0.15, 0.2) is 4.99 Å². The summed E-state index contributed by atoms with van der Waals surface area (Å²) < 4.78 is 0. The first-order valence-corrected chi connectivity index (χ1v) is 8.00. The third kappa shape index (κ3) is 3.64. The summed E-state index contributed by atoms with van der Waals surface area (Å²) in [6, 6.07) is 1.19. The fourth-order valence-electron chi connectivity index (χ4n) is 3.05. The van der Waals surface area contributed by atoms with Gasteiger partial charge in [0, 0.05) is 11.8 Å². The highest BCUT2D eigenvalue weighted by atomic mass is 32.2. The van der Waals surface area contributed by atoms with E-state index in [1.807, 2.05) is 11.8 Å². The van der Waals surface area contributed by atoms with Crippen LogP contribution >= 0.6 is 11.8 Å². The molecule has 3 unspecified atom stereocenters. The molecule has 17 heavy (non-hydrogen) atoms. The largest absolute Gasteiger partial charge is 0.362 e. The van der Waals surface area contributed by atoms with E-state index in [4.69, 9.17) is 4.99 Å². The number of hydrogen-bond donors (Lipinski definition) is 1. The van der Waals surface area contributed by atoms with Crippen molar-refractivity contribution in [3.05, 3.63) is 0 Å². The Morgan fingerprint density at radius 3 is 2.35 bits per heavy atom. The molecule has 2 nitrogen and oxygen atoms in total. The Morgan fingerprint density at radius 2 is 1.82 bits per heavy atom. The normalized spacial score (nSPS) is 38.3. The van der Waals surface area contributed by atoms with E-state index in [0.29, 0.717) is 18.0 Å². The second-order valence-electron chi connectivity index (χ2n) is 6.32. The lowest BCUT2D eigenvalue weighted by molar-refractivity contribution is 0.256. The second-order valence-corrected chi connectivity index (χ2v) is 7.32. The number of amidine groups is 1. The van der Waals surface area contributed by atoms with Gasteiger partial charge in [0.05, 0.1) is 6.04 Å². The highest BCUT2D eigenvalue weighted by Gasteiger charge is 2.27. The van der Waals surface area contributed by atoms with Crippen LogP contribution in [-0.2, 0) is 0 Å². The highest BCUT2D eigenvalue weighted by Crippen LogP contribution is 2.30. The summed E-state index contributed by atoms with van der Waals surface area (Å²) in [6.07, 6.45) is 4.03. The lowest BCUT2D eigenvalue weighted by atomic mass is 9.80. The van der Waals surface area contributed by atoms with E-state index in [2.05, 4.69) is 33.0 Å². The van der Waals surface area contributed by atoms with Gasteiger partial charge in [0.1, 0.15) is 0 Å². The number of nitrogens with zero attached hydrogens (tertiary/aromatic N) is 1. The van der Waals surface area contributed by atoms with Crippen molar-refractivity contribution < 1.29 is 0 Å². The molecule has 0 amide bonds. The van der Waals surface area contributed by atoms with Crippen molar-refractivity contribution in [1.29, 1.82) is 0 Å². The average molecular weight is 254 g/mol. The van der Waals surface area contributed by atoms with Gasteiger partial charge in [0.15, 0.2) is 5.17 Å². The Hall–Kier alpha value is -0.180. The van der Waals surface area contributed by atoms with E-state index < -0.39 is 0 Å². The first-order chi connectivity index (χ1) is 8.04. The molecular weight excluding hydrogens is 228 g/mol. The first kappa shape index (κ1) is 13.3. The van der Waals surface area contributed by atoms with Gasteiger partial charge in [0.2, 0.25) is 0 Å². The molecule has 3 heteroatoms. The topological polar surface area (TPSA) is 24.4 Å². The minimum Gasteiger partial charge on any atom is -0.362 e. The molecule has 0 aromatic rings. The van der Waals surface area contributed by atoms with Crippen LogP contribution in [0.2, 0.25) is 0 Å². The molecule has 1 aliphatic heterocycles. The van der Waals surface area contributed by atoms with Gasteiger partial charge in [-0.25, -0.2) is 0 Å². The molecular formula is C14H26N2S. The van der Waals surface area contributed by atoms with Crippen molar-refractivity contribution in [3.63, 3.8) is 0 Å². The molecule has 0 saturated heterocycles. The Bertz CT molecular complexity index is 278. The fourth-order valence-corrected chi connectivity index (χ4v) is 4.30. The minimum atomic E-state index is 0.529. The van der Waals surface area contributed by atoms with Crippen molar-refractivity contribution in [2.75, 3.05) is 5.75 Å². The standard InChI is InChI=1S/C14H26N2S/c1-9(2)13-8-17-14(16-13)15-12-6-10(3)5-11(4)7-12/h9-13H,5-8H2,1-4H3,(H,15,16). The number of rotatable bonds is 2. The van der Waals surface area contributed by atoms with Crippen molar-refractivity contribution in [1.82, 2.24) is 5.32 Å². The first-order valence-electron chi connectivity index (χ1n) is 7.01. The lowest BCUT2D eigenvalue weighted by Crippen LogP contribution is -2.38. The molecule has 0 bridgehead atoms. The second kappa shape index (κ2) is 5.64. The summed E-state index contributed by atoms with van der Waals surface area (Å²) in [5, 5.41) is 4.88. The number of nitrogens with one attached hydrogen (secondary N) is 1. The summed E-state index contributed by atoms with van der Waals surface area (Å²) in [5.41, 5.74) is 0. The zero-order chi connectivity index (χ0) is 12.4. The predicted octanol–water partition coefficient (Wildman–Crippen LogP) is 3.53. The van der Waals surface area contributed by atoms with Crippen molar-refractivity contribution in [3.8, 4) is 0 Å². The Kier molecular flexibility index (Phi) is 4.40. The molecule has 2 rings (SSSR count). The molecule has 1 fully saturated rings. The van der Waals surface area contributed by atoms with E-state index in [0.717, 1.165) is 17.6 Å². The zero-order valence-electron chi connectivity index (χ0n) is 11.6. The van der Waals surface area contributed by atoms with Gasteiger partial charge in [-0.3, -0.25) is 4.99 Å². The number of aliphatic imine (C=N–C) groups is 1. The molecule has 2 aliphatic rings. The maximum Gasteiger partial charge on any atom is 0.157 e. The summed E-state index contributed by atoms with van der Waals surface area (Å²) in [6.45, 7) is 9.29. The third-order valence-electron chi connectivity index (χ3n) is 3.95. The Morgan fingerprint density at radius 1 is 1.18 bits per heavy atom. The van der Waals surface area contributed by atoms with Crippen molar-refractivity contribution in [2.45, 2.75) is 59.0 Å². The summed E-state index contributed by atoms with van der Waals surface area (Å²) >= 11 is 1.91. The van der Waals surface area contributed by atoms with Gasteiger partial charge in [-0.2, -0.15) is 0 Å². The summed E-state index contributed by atoms with van der Waals surface area (Å²) in [7, 11) is 0. The SMILES string of the molecule is CC1CC(C)CC(NC2=NC(C(C)C)CS2)C1. The Labute approximate surface area is 110 Å². The maximum absolute atomic E-state index is 4.80. The number of hydrogen-bond acceptors (Lipinski definition) is 3. The molecule has 1 saturated carbocycles. The zero-order valence-corrected chi connectivity index (χ0v) is 12.4. The quantitative estimate of drug-likeness (QED) is 0.815. The van der Waals surface area contributed by atoms with Gasteiger partial charge in [-0.1, -0.05) is 39.5 Å². The monoisotopic (exact) mass is 254 g/mol. The number of thioether (sulfide) groups is 1. The van der Waals surface area contributed by atoms with Gasteiger partial charge in [0.25, 0.3) is 0 Å². The van der Waals surface area contributed by atoms with Crippen LogP contribution in [0.4, 0.5) is 0 Å². The third-order valence-corrected chi connectivity index (χ3v) is 4.95. The fraction of sp³-hybridized carbons (Fsp3) is 0.929. The Balaban J connectivity index is 1.87. The van der Waals surface area contributed by atoms with Crippen molar-refractivity contribution in [2.24, 2.45) is 22.7 Å². The van der Waals surface area contributed by atoms with Gasteiger partial charge < -0.3 is 5.32 Å². The van der Waals surface area contributed by atoms with E-state index in [1.54, 1.807) is 0 Å². The predicted molar refractivity (Wildman–Crippen MR) is 77.6 cm³/mol. The molecule has 1 N–H and O–H groups in total. The van der Waals surface area contributed by atoms with Gasteiger partial charge in [-0.15, -0.1) is 0 Å². The van der Waals surface area contributed by atoms with Crippen LogP contribution in [-0.4, -0.2) is 23.0 Å². The van der Waals surface area contributed by atoms with E-state index >= 15 is 0 Å². The molecule has 98 valence electrons. The smallest absolute Gasteiger partial charge is 0.157 e. The maximum atomic E-state index is 4.80. The molecule has 0 spiro atoms. The molecule has 0 aromatic heterocycles. The van der Waals surface area contributed by atoms with Gasteiger partial charge >= 0.3 is 0 Å². The summed E-state index contributed by atoms with van der Waals surface area (Å²) in [5.74, 6) is 3.57. The van der Waals surface area contributed by atoms with E-state index in [9.17, 15) is 0 Å².